The molecule has 0 aliphatic rings. The lowest BCUT2D eigenvalue weighted by molar-refractivity contribution is 0.192. The molecule has 0 aromatic carbocycles. The number of rotatable bonds is 5. The van der Waals surface area contributed by atoms with Gasteiger partial charge in [-0.3, -0.25) is 0 Å². The zero-order valence-corrected chi connectivity index (χ0v) is 6.88. The molecule has 0 radical (unpaired) electrons. The number of hydrogen-bond acceptors (Lipinski definition) is 7. The van der Waals surface area contributed by atoms with Gasteiger partial charge < -0.3 is 5.11 Å². The maximum atomic E-state index is 10.3. The number of aliphatic hydroxyl groups excluding tert-OH is 1. The van der Waals surface area contributed by atoms with Gasteiger partial charge in [-0.15, -0.1) is 3.63 Å². The third kappa shape index (κ3) is 6.19. The smallest absolute Gasteiger partial charge is 0.394 e. The summed E-state index contributed by atoms with van der Waals surface area (Å²) < 4.78 is 47.0. The second kappa shape index (κ2) is 4.62. The van der Waals surface area contributed by atoms with Crippen molar-refractivity contribution in [3.05, 3.63) is 0 Å². The minimum atomic E-state index is -4.50. The van der Waals surface area contributed by atoms with Gasteiger partial charge in [0.25, 0.3) is 11.0 Å². The Morgan fingerprint density at radius 3 is 2.27 bits per heavy atom. The van der Waals surface area contributed by atoms with Crippen molar-refractivity contribution in [3.8, 4) is 0 Å². The maximum absolute atomic E-state index is 10.3. The minimum absolute atomic E-state index is 0.536. The highest BCUT2D eigenvalue weighted by molar-refractivity contribution is 7.89. The van der Waals surface area contributed by atoms with Crippen molar-refractivity contribution in [1.82, 2.24) is 0 Å². The molecule has 0 aliphatic heterocycles. The first-order chi connectivity index (χ1) is 4.98. The summed E-state index contributed by atoms with van der Waals surface area (Å²) >= 11 is 0. The van der Waals surface area contributed by atoms with E-state index in [0.29, 0.717) is 0 Å². The quantitative estimate of drug-likeness (QED) is 0.491. The van der Waals surface area contributed by atoms with Crippen LogP contribution in [0.4, 0.5) is 0 Å². The molecule has 9 heteroatoms. The molecular formula is C2H6O7S2. The second-order valence-electron chi connectivity index (χ2n) is 1.25. The predicted octanol–water partition coefficient (Wildman–Crippen LogP) is -2.22. The third-order valence-electron chi connectivity index (χ3n) is 0.471. The van der Waals surface area contributed by atoms with Gasteiger partial charge in [0.15, 0.2) is 0 Å². The molecule has 11 heavy (non-hydrogen) atoms. The van der Waals surface area contributed by atoms with Gasteiger partial charge in [-0.2, -0.15) is 8.42 Å². The van der Waals surface area contributed by atoms with E-state index in [9.17, 15) is 16.8 Å². The van der Waals surface area contributed by atoms with Crippen LogP contribution in [-0.2, 0) is 29.2 Å². The normalized spacial score (nSPS) is 12.2. The summed E-state index contributed by atoms with van der Waals surface area (Å²) in [7, 11) is -8.00. The highest BCUT2D eigenvalue weighted by Crippen LogP contribution is 1.94. The van der Waals surface area contributed by atoms with Gasteiger partial charge in [0.2, 0.25) is 0 Å². The van der Waals surface area contributed by atoms with Crippen LogP contribution >= 0.6 is 0 Å². The molecular weight excluding hydrogens is 200 g/mol. The molecule has 0 amide bonds. The summed E-state index contributed by atoms with van der Waals surface area (Å²) in [5.74, 6) is 0. The molecule has 0 aliphatic carbocycles. The van der Waals surface area contributed by atoms with Crippen LogP contribution in [0.5, 0.6) is 0 Å². The first-order valence-corrected chi connectivity index (χ1v) is 4.75. The summed E-state index contributed by atoms with van der Waals surface area (Å²) in [6.45, 7) is -1.08. The largest absolute Gasteiger partial charge is 0.414 e. The molecule has 0 aromatic rings. The number of thiol groups is 1. The zero-order valence-electron chi connectivity index (χ0n) is 5.17. The van der Waals surface area contributed by atoms with Gasteiger partial charge >= 0.3 is 10.4 Å². The van der Waals surface area contributed by atoms with Crippen molar-refractivity contribution < 1.29 is 29.8 Å². The van der Waals surface area contributed by atoms with Gasteiger partial charge in [0.1, 0.15) is 0 Å². The molecule has 0 fully saturated rings. The van der Waals surface area contributed by atoms with E-state index in [1.807, 2.05) is 0 Å². The van der Waals surface area contributed by atoms with Gasteiger partial charge in [-0.25, -0.2) is 12.6 Å². The molecule has 0 spiro atoms. The Kier molecular flexibility index (Phi) is 4.52. The Balaban J connectivity index is 4.02. The van der Waals surface area contributed by atoms with Crippen molar-refractivity contribution in [2.24, 2.45) is 0 Å². The summed E-state index contributed by atoms with van der Waals surface area (Å²) in [6, 6.07) is 0. The Bertz CT molecular complexity index is 252. The van der Waals surface area contributed by atoms with Crippen LogP contribution in [0.1, 0.15) is 0 Å². The van der Waals surface area contributed by atoms with Gasteiger partial charge in [-0.05, 0) is 0 Å². The lowest BCUT2D eigenvalue weighted by Gasteiger charge is -1.97. The average molecular weight is 206 g/mol. The van der Waals surface area contributed by atoms with Crippen LogP contribution in [0, 0.1) is 0 Å². The van der Waals surface area contributed by atoms with E-state index < -0.39 is 34.6 Å². The lowest BCUT2D eigenvalue weighted by atomic mass is 10.8. The van der Waals surface area contributed by atoms with Gasteiger partial charge in [0.05, 0.1) is 13.2 Å². The molecule has 0 unspecified atom stereocenters. The van der Waals surface area contributed by atoms with E-state index >= 15 is 0 Å². The zero-order chi connectivity index (χ0) is 8.91. The monoisotopic (exact) mass is 206 g/mol. The molecule has 0 saturated carbocycles. The maximum Gasteiger partial charge on any atom is 0.414 e. The molecule has 1 N–H and O–H groups in total. The summed E-state index contributed by atoms with van der Waals surface area (Å²) in [5.41, 5.74) is 0. The average Bonchev–Trinajstić information content (AvgIpc) is 1.81. The molecule has 0 atom stereocenters. The fraction of sp³-hybridized carbons (Fsp3) is 1.00. The van der Waals surface area contributed by atoms with Crippen molar-refractivity contribution in [1.29, 1.82) is 0 Å². The SMILES string of the molecule is O=[SH](=O)OS(=O)(=O)OCCO. The number of aliphatic hydroxyl groups is 1. The van der Waals surface area contributed by atoms with Crippen molar-refractivity contribution in [2.45, 2.75) is 0 Å². The van der Waals surface area contributed by atoms with Crippen molar-refractivity contribution in [2.75, 3.05) is 13.2 Å². The molecule has 0 saturated heterocycles. The summed E-state index contributed by atoms with van der Waals surface area (Å²) in [5, 5.41) is 8.07. The molecule has 68 valence electrons. The molecule has 0 aromatic heterocycles. The Hall–Kier alpha value is -0.220. The first kappa shape index (κ1) is 10.8. The second-order valence-corrected chi connectivity index (χ2v) is 3.35. The molecule has 0 bridgehead atoms. The molecule has 0 heterocycles. The van der Waals surface area contributed by atoms with E-state index in [0.717, 1.165) is 0 Å². The Labute approximate surface area is 65.0 Å². The highest BCUT2D eigenvalue weighted by Gasteiger charge is 2.12. The van der Waals surface area contributed by atoms with Crippen LogP contribution in [0.15, 0.2) is 0 Å². The lowest BCUT2D eigenvalue weighted by Crippen LogP contribution is -2.11. The van der Waals surface area contributed by atoms with E-state index in [-0.39, 0.29) is 0 Å². The van der Waals surface area contributed by atoms with Crippen LogP contribution in [-0.4, -0.2) is 35.2 Å². The van der Waals surface area contributed by atoms with E-state index in [2.05, 4.69) is 7.81 Å². The fourth-order valence-corrected chi connectivity index (χ4v) is 1.28. The fourth-order valence-electron chi connectivity index (χ4n) is 0.235. The van der Waals surface area contributed by atoms with Crippen LogP contribution in [0.2, 0.25) is 0 Å². The van der Waals surface area contributed by atoms with E-state index in [1.165, 1.54) is 0 Å². The van der Waals surface area contributed by atoms with E-state index in [4.69, 9.17) is 5.11 Å². The standard InChI is InChI=1S/C2H6O7S2/c3-1-2-8-11(6,7)9-10(4)5/h3,10H,1-2H2. The minimum Gasteiger partial charge on any atom is -0.394 e. The third-order valence-corrected chi connectivity index (χ3v) is 2.14. The predicted molar refractivity (Wildman–Crippen MR) is 33.4 cm³/mol. The first-order valence-electron chi connectivity index (χ1n) is 2.32. The van der Waals surface area contributed by atoms with Crippen molar-refractivity contribution in [3.63, 3.8) is 0 Å². The Morgan fingerprint density at radius 2 is 1.91 bits per heavy atom. The van der Waals surface area contributed by atoms with Crippen molar-refractivity contribution >= 4 is 21.4 Å². The van der Waals surface area contributed by atoms with Crippen LogP contribution in [0.25, 0.3) is 0 Å². The van der Waals surface area contributed by atoms with Crippen LogP contribution < -0.4 is 0 Å². The molecule has 7 nitrogen and oxygen atoms in total. The van der Waals surface area contributed by atoms with Gasteiger partial charge in [0, 0.05) is 0 Å². The van der Waals surface area contributed by atoms with Crippen LogP contribution in [0.3, 0.4) is 0 Å². The summed E-state index contributed by atoms with van der Waals surface area (Å²) in [4.78, 5) is 0. The number of hydrogen-bond donors (Lipinski definition) is 2. The molecule has 0 rings (SSSR count). The topological polar surface area (TPSA) is 107 Å². The summed E-state index contributed by atoms with van der Waals surface area (Å²) in [6.07, 6.45) is 0. The van der Waals surface area contributed by atoms with E-state index in [1.54, 1.807) is 0 Å². The Morgan fingerprint density at radius 1 is 1.36 bits per heavy atom. The highest BCUT2D eigenvalue weighted by atomic mass is 32.3. The van der Waals surface area contributed by atoms with Gasteiger partial charge in [-0.1, -0.05) is 0 Å².